The maximum Gasteiger partial charge on any atom is 0.326 e. The van der Waals surface area contributed by atoms with Crippen LogP contribution in [-0.2, 0) is 23.9 Å². The number of hydrogen-bond donors (Lipinski definition) is 2. The number of amides is 1. The summed E-state index contributed by atoms with van der Waals surface area (Å²) >= 11 is 0. The maximum absolute atomic E-state index is 12.2. The standard InChI is InChI=1S/C13H17N3O6/c14-15-3-8(17)1-2-10(13(19)20)16-12(18)11-9-6-21-4-7(9)5-22-11/h3,7,9-11H,1-2,4-6H2,(H,16,18)(H,19,20)/t7?,9?,10-,11+/m0/s1. The van der Waals surface area contributed by atoms with E-state index in [1.807, 2.05) is 0 Å². The van der Waals surface area contributed by atoms with Crippen LogP contribution in [0.4, 0.5) is 0 Å². The molecule has 2 N–H and O–H groups in total. The molecule has 0 spiro atoms. The van der Waals surface area contributed by atoms with Crippen molar-refractivity contribution in [3.8, 4) is 0 Å². The molecule has 0 aromatic heterocycles. The summed E-state index contributed by atoms with van der Waals surface area (Å²) in [5.41, 5.74) is 8.22. The van der Waals surface area contributed by atoms with E-state index in [0.717, 1.165) is 0 Å². The minimum absolute atomic E-state index is 0.0578. The van der Waals surface area contributed by atoms with E-state index in [1.165, 1.54) is 0 Å². The van der Waals surface area contributed by atoms with Crippen molar-refractivity contribution >= 4 is 23.9 Å². The second-order valence-electron chi connectivity index (χ2n) is 5.36. The van der Waals surface area contributed by atoms with E-state index in [-0.39, 0.29) is 24.7 Å². The van der Waals surface area contributed by atoms with Gasteiger partial charge in [0.25, 0.3) is 0 Å². The van der Waals surface area contributed by atoms with Gasteiger partial charge in [0.1, 0.15) is 12.1 Å². The highest BCUT2D eigenvalue weighted by atomic mass is 16.5. The Hall–Kier alpha value is -2.09. The lowest BCUT2D eigenvalue weighted by molar-refractivity contribution is -0.144. The van der Waals surface area contributed by atoms with Gasteiger partial charge in [0.05, 0.1) is 19.8 Å². The highest BCUT2D eigenvalue weighted by Gasteiger charge is 2.45. The highest BCUT2D eigenvalue weighted by Crippen LogP contribution is 2.32. The third-order valence-electron chi connectivity index (χ3n) is 3.88. The smallest absolute Gasteiger partial charge is 0.326 e. The number of rotatable bonds is 7. The Morgan fingerprint density at radius 2 is 2.14 bits per heavy atom. The molecule has 9 heteroatoms. The molecular weight excluding hydrogens is 294 g/mol. The summed E-state index contributed by atoms with van der Waals surface area (Å²) in [6, 6.07) is -1.20. The van der Waals surface area contributed by atoms with Crippen molar-refractivity contribution in [2.24, 2.45) is 11.8 Å². The van der Waals surface area contributed by atoms with Crippen LogP contribution in [0.25, 0.3) is 5.53 Å². The second kappa shape index (κ2) is 7.26. The zero-order valence-electron chi connectivity index (χ0n) is 11.8. The van der Waals surface area contributed by atoms with E-state index in [0.29, 0.717) is 26.0 Å². The van der Waals surface area contributed by atoms with Crippen LogP contribution in [-0.4, -0.2) is 65.7 Å². The van der Waals surface area contributed by atoms with Crippen molar-refractivity contribution in [2.45, 2.75) is 25.0 Å². The molecule has 2 aliphatic rings. The zero-order valence-corrected chi connectivity index (χ0v) is 11.8. The van der Waals surface area contributed by atoms with E-state index >= 15 is 0 Å². The largest absolute Gasteiger partial charge is 0.480 e. The Balaban J connectivity index is 1.90. The molecule has 0 aromatic rings. The van der Waals surface area contributed by atoms with Crippen LogP contribution in [0, 0.1) is 11.8 Å². The summed E-state index contributed by atoms with van der Waals surface area (Å²) in [6.45, 7) is 1.39. The first kappa shape index (κ1) is 16.3. The van der Waals surface area contributed by atoms with E-state index in [4.69, 9.17) is 20.1 Å². The van der Waals surface area contributed by atoms with Crippen molar-refractivity contribution in [3.63, 3.8) is 0 Å². The van der Waals surface area contributed by atoms with Crippen molar-refractivity contribution < 1.29 is 33.8 Å². The van der Waals surface area contributed by atoms with E-state index in [2.05, 4.69) is 10.1 Å². The van der Waals surface area contributed by atoms with Crippen molar-refractivity contribution in [2.75, 3.05) is 19.8 Å². The van der Waals surface area contributed by atoms with Gasteiger partial charge in [-0.05, 0) is 6.42 Å². The normalized spacial score (nSPS) is 27.5. The number of carbonyl (C=O) groups excluding carboxylic acids is 2. The Kier molecular flexibility index (Phi) is 5.37. The van der Waals surface area contributed by atoms with Gasteiger partial charge in [-0.3, -0.25) is 9.59 Å². The molecule has 0 aliphatic carbocycles. The van der Waals surface area contributed by atoms with Gasteiger partial charge >= 0.3 is 12.2 Å². The molecule has 9 nitrogen and oxygen atoms in total. The van der Waals surface area contributed by atoms with Crippen LogP contribution >= 0.6 is 0 Å². The first-order valence-electron chi connectivity index (χ1n) is 6.95. The molecule has 2 unspecified atom stereocenters. The molecule has 2 aliphatic heterocycles. The average Bonchev–Trinajstić information content (AvgIpc) is 3.05. The van der Waals surface area contributed by atoms with Gasteiger partial charge in [-0.25, -0.2) is 4.79 Å². The molecule has 2 rings (SSSR count). The molecular formula is C13H17N3O6. The number of nitrogens with zero attached hydrogens (tertiary/aromatic N) is 2. The van der Waals surface area contributed by atoms with E-state index in [1.54, 1.807) is 0 Å². The molecule has 2 saturated heterocycles. The number of ketones is 1. The minimum atomic E-state index is -1.24. The SMILES string of the molecule is [N-]=[N+]=CC(=O)CC[C@H](NC(=O)[C@@H]1OCC2COCC21)C(=O)O. The van der Waals surface area contributed by atoms with Crippen molar-refractivity contribution in [3.05, 3.63) is 5.53 Å². The van der Waals surface area contributed by atoms with Gasteiger partial charge in [0.2, 0.25) is 11.7 Å². The molecule has 1 amide bonds. The molecule has 0 radical (unpaired) electrons. The number of Topliss-reactive ketones (excluding diaryl/α,β-unsaturated/α-hetero) is 1. The maximum atomic E-state index is 12.2. The topological polar surface area (TPSA) is 138 Å². The Labute approximate surface area is 126 Å². The summed E-state index contributed by atoms with van der Waals surface area (Å²) in [7, 11) is 0. The van der Waals surface area contributed by atoms with Gasteiger partial charge in [-0.1, -0.05) is 0 Å². The van der Waals surface area contributed by atoms with Crippen molar-refractivity contribution in [1.82, 2.24) is 5.32 Å². The average molecular weight is 311 g/mol. The highest BCUT2D eigenvalue weighted by molar-refractivity contribution is 6.25. The Morgan fingerprint density at radius 1 is 1.36 bits per heavy atom. The van der Waals surface area contributed by atoms with Gasteiger partial charge in [-0.2, -0.15) is 4.79 Å². The number of fused-ring (bicyclic) bond motifs is 1. The van der Waals surface area contributed by atoms with Gasteiger partial charge in [0, 0.05) is 18.3 Å². The van der Waals surface area contributed by atoms with Crippen LogP contribution in [0.15, 0.2) is 0 Å². The zero-order chi connectivity index (χ0) is 16.1. The summed E-state index contributed by atoms with van der Waals surface area (Å²) in [5, 5.41) is 11.5. The molecule has 22 heavy (non-hydrogen) atoms. The number of carbonyl (C=O) groups is 3. The number of carboxylic acids is 1. The molecule has 4 atom stereocenters. The monoisotopic (exact) mass is 311 g/mol. The van der Waals surface area contributed by atoms with Crippen LogP contribution in [0.3, 0.4) is 0 Å². The Morgan fingerprint density at radius 3 is 2.82 bits per heavy atom. The van der Waals surface area contributed by atoms with Crippen LogP contribution in [0.2, 0.25) is 0 Å². The first-order chi connectivity index (χ1) is 10.5. The summed E-state index contributed by atoms with van der Waals surface area (Å²) < 4.78 is 10.7. The van der Waals surface area contributed by atoms with Gasteiger partial charge in [0.15, 0.2) is 0 Å². The van der Waals surface area contributed by atoms with Crippen LogP contribution < -0.4 is 5.32 Å². The van der Waals surface area contributed by atoms with Gasteiger partial charge in [-0.15, -0.1) is 0 Å². The van der Waals surface area contributed by atoms with Crippen LogP contribution in [0.1, 0.15) is 12.8 Å². The lowest BCUT2D eigenvalue weighted by Gasteiger charge is -2.19. The number of hydrogen-bond acceptors (Lipinski definition) is 5. The fraction of sp³-hybridized carbons (Fsp3) is 0.692. The fourth-order valence-corrected chi connectivity index (χ4v) is 2.67. The van der Waals surface area contributed by atoms with Crippen LogP contribution in [0.5, 0.6) is 0 Å². The first-order valence-corrected chi connectivity index (χ1v) is 6.95. The molecule has 120 valence electrons. The third-order valence-corrected chi connectivity index (χ3v) is 3.88. The third kappa shape index (κ3) is 3.76. The molecule has 0 aromatic carbocycles. The lowest BCUT2D eigenvalue weighted by atomic mass is 9.94. The quantitative estimate of drug-likeness (QED) is 0.346. The minimum Gasteiger partial charge on any atom is -0.480 e. The molecule has 0 saturated carbocycles. The Bertz CT molecular complexity index is 516. The molecule has 2 heterocycles. The number of nitrogens with one attached hydrogen (secondary N) is 1. The van der Waals surface area contributed by atoms with Gasteiger partial charge < -0.3 is 25.4 Å². The molecule has 0 bridgehead atoms. The fourth-order valence-electron chi connectivity index (χ4n) is 2.67. The second-order valence-corrected chi connectivity index (χ2v) is 5.36. The predicted molar refractivity (Wildman–Crippen MR) is 71.0 cm³/mol. The van der Waals surface area contributed by atoms with E-state index in [9.17, 15) is 14.4 Å². The summed E-state index contributed by atoms with van der Waals surface area (Å²) in [5.74, 6) is -2.16. The summed E-state index contributed by atoms with van der Waals surface area (Å²) in [6.07, 6.45) is -0.268. The number of carboxylic acid groups (broad SMARTS) is 1. The van der Waals surface area contributed by atoms with E-state index < -0.39 is 29.8 Å². The lowest BCUT2D eigenvalue weighted by Crippen LogP contribution is -2.47. The predicted octanol–water partition coefficient (Wildman–Crippen LogP) is -1.13. The number of ether oxygens (including phenoxy) is 2. The number of aliphatic carboxylic acids is 1. The van der Waals surface area contributed by atoms with Crippen molar-refractivity contribution in [1.29, 1.82) is 0 Å². The summed E-state index contributed by atoms with van der Waals surface area (Å²) in [4.78, 5) is 37.1. The molecule has 2 fully saturated rings.